The standard InChI is InChI=1S/C14H14ClF3N2/c1-20(7-6-14(16,17)18)13-12-5-3-2-4-10(12)8-11(9-15)19-13/h2-5,8H,6-7,9H2,1H3. The number of benzene rings is 1. The lowest BCUT2D eigenvalue weighted by Gasteiger charge is -2.21. The Balaban J connectivity index is 2.36. The number of nitrogens with zero attached hydrogens (tertiary/aromatic N) is 2. The number of rotatable bonds is 4. The van der Waals surface area contributed by atoms with Gasteiger partial charge in [-0.3, -0.25) is 0 Å². The second-order valence-corrected chi connectivity index (χ2v) is 4.85. The Bertz CT molecular complexity index is 598. The second-order valence-electron chi connectivity index (χ2n) is 4.58. The van der Waals surface area contributed by atoms with Gasteiger partial charge in [0.1, 0.15) is 5.82 Å². The summed E-state index contributed by atoms with van der Waals surface area (Å²) in [4.78, 5) is 5.87. The van der Waals surface area contributed by atoms with Crippen molar-refractivity contribution >= 4 is 28.2 Å². The van der Waals surface area contributed by atoms with E-state index in [1.165, 1.54) is 4.90 Å². The van der Waals surface area contributed by atoms with Crippen LogP contribution in [0.2, 0.25) is 0 Å². The molecule has 0 aliphatic heterocycles. The van der Waals surface area contributed by atoms with E-state index in [2.05, 4.69) is 4.98 Å². The van der Waals surface area contributed by atoms with Crippen molar-refractivity contribution in [3.63, 3.8) is 0 Å². The highest BCUT2D eigenvalue weighted by Gasteiger charge is 2.27. The van der Waals surface area contributed by atoms with Gasteiger partial charge in [-0.25, -0.2) is 4.98 Å². The van der Waals surface area contributed by atoms with E-state index in [9.17, 15) is 13.2 Å². The zero-order valence-corrected chi connectivity index (χ0v) is 11.7. The fourth-order valence-electron chi connectivity index (χ4n) is 1.99. The summed E-state index contributed by atoms with van der Waals surface area (Å²) < 4.78 is 37.0. The molecule has 2 nitrogen and oxygen atoms in total. The number of hydrogen-bond acceptors (Lipinski definition) is 2. The first-order valence-electron chi connectivity index (χ1n) is 6.13. The van der Waals surface area contributed by atoms with E-state index in [1.54, 1.807) is 7.05 Å². The van der Waals surface area contributed by atoms with Crippen LogP contribution < -0.4 is 4.90 Å². The van der Waals surface area contributed by atoms with Crippen LogP contribution in [-0.2, 0) is 5.88 Å². The number of aromatic nitrogens is 1. The summed E-state index contributed by atoms with van der Waals surface area (Å²) in [7, 11) is 1.61. The van der Waals surface area contributed by atoms with Crippen LogP contribution in [0.5, 0.6) is 0 Å². The number of hydrogen-bond donors (Lipinski definition) is 0. The van der Waals surface area contributed by atoms with Gasteiger partial charge < -0.3 is 4.90 Å². The highest BCUT2D eigenvalue weighted by molar-refractivity contribution is 6.17. The number of halogens is 4. The quantitative estimate of drug-likeness (QED) is 0.780. The molecule has 0 amide bonds. The molecule has 1 aromatic carbocycles. The van der Waals surface area contributed by atoms with E-state index in [-0.39, 0.29) is 12.4 Å². The first-order valence-corrected chi connectivity index (χ1v) is 6.66. The minimum absolute atomic E-state index is 0.133. The van der Waals surface area contributed by atoms with Crippen LogP contribution in [0.15, 0.2) is 30.3 Å². The van der Waals surface area contributed by atoms with Crippen LogP contribution >= 0.6 is 11.6 Å². The van der Waals surface area contributed by atoms with Crippen LogP contribution in [0.3, 0.4) is 0 Å². The highest BCUT2D eigenvalue weighted by Crippen LogP contribution is 2.27. The van der Waals surface area contributed by atoms with Crippen molar-refractivity contribution in [2.45, 2.75) is 18.5 Å². The van der Waals surface area contributed by atoms with Gasteiger partial charge in [0.2, 0.25) is 0 Å². The molecular formula is C14H14ClF3N2. The topological polar surface area (TPSA) is 16.1 Å². The van der Waals surface area contributed by atoms with Gasteiger partial charge in [0, 0.05) is 19.0 Å². The van der Waals surface area contributed by atoms with E-state index in [1.807, 2.05) is 30.3 Å². The zero-order valence-electron chi connectivity index (χ0n) is 10.9. The predicted molar refractivity (Wildman–Crippen MR) is 75.2 cm³/mol. The third kappa shape index (κ3) is 3.54. The first-order chi connectivity index (χ1) is 9.40. The minimum atomic E-state index is -4.17. The summed E-state index contributed by atoms with van der Waals surface area (Å²) in [5, 5.41) is 1.75. The van der Waals surface area contributed by atoms with Crippen molar-refractivity contribution in [2.24, 2.45) is 0 Å². The fourth-order valence-corrected chi connectivity index (χ4v) is 2.13. The van der Waals surface area contributed by atoms with Crippen molar-refractivity contribution in [3.8, 4) is 0 Å². The molecule has 0 spiro atoms. The van der Waals surface area contributed by atoms with Crippen molar-refractivity contribution in [1.82, 2.24) is 4.98 Å². The molecule has 0 radical (unpaired) electrons. The van der Waals surface area contributed by atoms with E-state index in [4.69, 9.17) is 11.6 Å². The van der Waals surface area contributed by atoms with Crippen LogP contribution in [0, 0.1) is 0 Å². The maximum Gasteiger partial charge on any atom is 0.390 e. The molecule has 0 aliphatic carbocycles. The predicted octanol–water partition coefficient (Wildman–Crippen LogP) is 4.36. The molecular weight excluding hydrogens is 289 g/mol. The lowest BCUT2D eigenvalue weighted by atomic mass is 10.1. The molecule has 0 bridgehead atoms. The molecule has 6 heteroatoms. The van der Waals surface area contributed by atoms with Gasteiger partial charge in [-0.05, 0) is 11.5 Å². The summed E-state index contributed by atoms with van der Waals surface area (Å²) in [5.74, 6) is 0.758. The molecule has 108 valence electrons. The fraction of sp³-hybridized carbons (Fsp3) is 0.357. The van der Waals surface area contributed by atoms with E-state index < -0.39 is 12.6 Å². The summed E-state index contributed by atoms with van der Waals surface area (Å²) in [6.07, 6.45) is -5.04. The Hall–Kier alpha value is -1.49. The van der Waals surface area contributed by atoms with Gasteiger partial charge in [0.05, 0.1) is 18.0 Å². The summed E-state index contributed by atoms with van der Waals surface area (Å²) in [6.45, 7) is -0.133. The summed E-state index contributed by atoms with van der Waals surface area (Å²) in [5.41, 5.74) is 0.652. The second kappa shape index (κ2) is 5.87. The van der Waals surface area contributed by atoms with Crippen molar-refractivity contribution in [3.05, 3.63) is 36.0 Å². The van der Waals surface area contributed by atoms with Gasteiger partial charge in [0.25, 0.3) is 0 Å². The monoisotopic (exact) mass is 302 g/mol. The van der Waals surface area contributed by atoms with E-state index in [0.29, 0.717) is 11.5 Å². The summed E-state index contributed by atoms with van der Waals surface area (Å²) >= 11 is 5.79. The first kappa shape index (κ1) is 14.9. The van der Waals surface area contributed by atoms with Gasteiger partial charge >= 0.3 is 6.18 Å². The van der Waals surface area contributed by atoms with Crippen molar-refractivity contribution in [2.75, 3.05) is 18.5 Å². The van der Waals surface area contributed by atoms with E-state index in [0.717, 1.165) is 10.8 Å². The molecule has 2 rings (SSSR count). The molecule has 0 saturated carbocycles. The number of anilines is 1. The third-order valence-electron chi connectivity index (χ3n) is 3.00. The Morgan fingerprint density at radius 3 is 2.60 bits per heavy atom. The molecule has 1 heterocycles. The third-order valence-corrected chi connectivity index (χ3v) is 3.28. The van der Waals surface area contributed by atoms with Crippen LogP contribution in [0.25, 0.3) is 10.8 Å². The molecule has 0 saturated heterocycles. The Labute approximate surface area is 120 Å². The summed E-state index contributed by atoms with van der Waals surface area (Å²) in [6, 6.07) is 9.31. The lowest BCUT2D eigenvalue weighted by Crippen LogP contribution is -2.25. The van der Waals surface area contributed by atoms with Crippen LogP contribution in [-0.4, -0.2) is 24.8 Å². The molecule has 0 unspecified atom stereocenters. The molecule has 2 aromatic rings. The molecule has 0 N–H and O–H groups in total. The molecule has 0 atom stereocenters. The number of alkyl halides is 4. The Morgan fingerprint density at radius 2 is 1.95 bits per heavy atom. The maximum atomic E-state index is 12.3. The maximum absolute atomic E-state index is 12.3. The van der Waals surface area contributed by atoms with Crippen LogP contribution in [0.4, 0.5) is 19.0 Å². The molecule has 1 aromatic heterocycles. The number of fused-ring (bicyclic) bond motifs is 1. The average Bonchev–Trinajstić information content (AvgIpc) is 2.42. The SMILES string of the molecule is CN(CCC(F)(F)F)c1nc(CCl)cc2ccccc12. The Kier molecular flexibility index (Phi) is 4.38. The molecule has 20 heavy (non-hydrogen) atoms. The van der Waals surface area contributed by atoms with Crippen molar-refractivity contribution in [1.29, 1.82) is 0 Å². The van der Waals surface area contributed by atoms with Crippen molar-refractivity contribution < 1.29 is 13.2 Å². The van der Waals surface area contributed by atoms with Gasteiger partial charge in [0.15, 0.2) is 0 Å². The van der Waals surface area contributed by atoms with Gasteiger partial charge in [-0.1, -0.05) is 24.3 Å². The lowest BCUT2D eigenvalue weighted by molar-refractivity contribution is -0.132. The molecule has 0 fully saturated rings. The number of pyridine rings is 1. The normalized spacial score (nSPS) is 11.8. The minimum Gasteiger partial charge on any atom is -0.359 e. The zero-order chi connectivity index (χ0) is 14.8. The smallest absolute Gasteiger partial charge is 0.359 e. The van der Waals surface area contributed by atoms with Gasteiger partial charge in [-0.2, -0.15) is 13.2 Å². The Morgan fingerprint density at radius 1 is 1.25 bits per heavy atom. The van der Waals surface area contributed by atoms with Gasteiger partial charge in [-0.15, -0.1) is 11.6 Å². The largest absolute Gasteiger partial charge is 0.390 e. The highest BCUT2D eigenvalue weighted by atomic mass is 35.5. The average molecular weight is 303 g/mol. The van der Waals surface area contributed by atoms with E-state index >= 15 is 0 Å². The molecule has 0 aliphatic rings. The van der Waals surface area contributed by atoms with Crippen LogP contribution in [0.1, 0.15) is 12.1 Å².